The van der Waals surface area contributed by atoms with Gasteiger partial charge in [0.15, 0.2) is 0 Å². The van der Waals surface area contributed by atoms with E-state index in [-0.39, 0.29) is 5.92 Å². The van der Waals surface area contributed by atoms with Crippen LogP contribution >= 0.6 is 11.6 Å². The normalized spacial score (nSPS) is 15.7. The fourth-order valence-electron chi connectivity index (χ4n) is 3.97. The van der Waals surface area contributed by atoms with E-state index < -0.39 is 0 Å². The van der Waals surface area contributed by atoms with Crippen LogP contribution in [0.15, 0.2) is 54.7 Å². The zero-order valence-corrected chi connectivity index (χ0v) is 17.3. The third kappa shape index (κ3) is 3.00. The van der Waals surface area contributed by atoms with Crippen molar-refractivity contribution in [1.29, 1.82) is 0 Å². The molecule has 146 valence electrons. The van der Waals surface area contributed by atoms with Crippen LogP contribution in [0.3, 0.4) is 0 Å². The summed E-state index contributed by atoms with van der Waals surface area (Å²) < 4.78 is 3.99. The largest absolute Gasteiger partial charge is 0.339 e. The van der Waals surface area contributed by atoms with E-state index in [1.54, 1.807) is 0 Å². The standard InChI is InChI=1S/C22H21ClN6/c1-14-13-28(18-7-5-17(23)6-8-18)21-12-16(19-10-11-27(3)26-19)4-9-20(21)29-15(2)24-25-22(14)29/h4-12,14H,13H2,1-3H3. The minimum atomic E-state index is 0.206. The lowest BCUT2D eigenvalue weighted by atomic mass is 10.1. The minimum Gasteiger partial charge on any atom is -0.339 e. The molecule has 0 saturated heterocycles. The van der Waals surface area contributed by atoms with Crippen LogP contribution in [0, 0.1) is 6.92 Å². The molecule has 0 saturated carbocycles. The molecular weight excluding hydrogens is 384 g/mol. The van der Waals surface area contributed by atoms with Crippen molar-refractivity contribution in [2.24, 2.45) is 7.05 Å². The topological polar surface area (TPSA) is 51.8 Å². The number of hydrogen-bond donors (Lipinski definition) is 0. The highest BCUT2D eigenvalue weighted by atomic mass is 35.5. The van der Waals surface area contributed by atoms with Gasteiger partial charge in [-0.15, -0.1) is 10.2 Å². The average Bonchev–Trinajstić information content (AvgIpc) is 3.29. The summed E-state index contributed by atoms with van der Waals surface area (Å²) >= 11 is 6.14. The molecule has 0 bridgehead atoms. The van der Waals surface area contributed by atoms with Gasteiger partial charge in [0.2, 0.25) is 0 Å². The second-order valence-electron chi connectivity index (χ2n) is 7.51. The Morgan fingerprint density at radius 1 is 1.00 bits per heavy atom. The van der Waals surface area contributed by atoms with Crippen molar-refractivity contribution in [3.8, 4) is 16.9 Å². The lowest BCUT2D eigenvalue weighted by Crippen LogP contribution is -2.22. The summed E-state index contributed by atoms with van der Waals surface area (Å²) in [7, 11) is 1.93. The molecule has 0 N–H and O–H groups in total. The molecule has 29 heavy (non-hydrogen) atoms. The molecule has 3 heterocycles. The van der Waals surface area contributed by atoms with Crippen molar-refractivity contribution in [3.05, 3.63) is 71.4 Å². The molecule has 1 unspecified atom stereocenters. The second-order valence-corrected chi connectivity index (χ2v) is 7.94. The van der Waals surface area contributed by atoms with Crippen LogP contribution in [0.25, 0.3) is 16.9 Å². The lowest BCUT2D eigenvalue weighted by Gasteiger charge is -2.27. The summed E-state index contributed by atoms with van der Waals surface area (Å²) in [6.45, 7) is 4.98. The van der Waals surface area contributed by atoms with Gasteiger partial charge in [0.25, 0.3) is 0 Å². The van der Waals surface area contributed by atoms with E-state index in [4.69, 9.17) is 11.6 Å². The van der Waals surface area contributed by atoms with Crippen molar-refractivity contribution < 1.29 is 0 Å². The number of benzene rings is 2. The van der Waals surface area contributed by atoms with E-state index in [2.05, 4.69) is 62.0 Å². The van der Waals surface area contributed by atoms with Gasteiger partial charge in [0.1, 0.15) is 11.6 Å². The molecule has 2 aromatic carbocycles. The predicted molar refractivity (Wildman–Crippen MR) is 115 cm³/mol. The molecule has 0 spiro atoms. The van der Waals surface area contributed by atoms with Crippen molar-refractivity contribution in [2.45, 2.75) is 19.8 Å². The Morgan fingerprint density at radius 3 is 2.52 bits per heavy atom. The van der Waals surface area contributed by atoms with Gasteiger partial charge in [0, 0.05) is 42.0 Å². The SMILES string of the molecule is Cc1nnc2n1-c1ccc(-c3ccn(C)n3)cc1N(c1ccc(Cl)cc1)CC2C. The maximum absolute atomic E-state index is 6.14. The zero-order valence-electron chi connectivity index (χ0n) is 16.5. The van der Waals surface area contributed by atoms with E-state index in [0.717, 1.165) is 51.5 Å². The van der Waals surface area contributed by atoms with Crippen LogP contribution < -0.4 is 4.90 Å². The summed E-state index contributed by atoms with van der Waals surface area (Å²) in [6, 6.07) is 16.5. The van der Waals surface area contributed by atoms with Crippen LogP contribution in [0.1, 0.15) is 24.5 Å². The van der Waals surface area contributed by atoms with Gasteiger partial charge >= 0.3 is 0 Å². The fraction of sp³-hybridized carbons (Fsp3) is 0.227. The Labute approximate surface area is 174 Å². The van der Waals surface area contributed by atoms with Crippen LogP contribution in [-0.2, 0) is 7.05 Å². The third-order valence-electron chi connectivity index (χ3n) is 5.40. The molecule has 6 nitrogen and oxygen atoms in total. The van der Waals surface area contributed by atoms with Crippen LogP contribution in [0.2, 0.25) is 5.02 Å². The number of anilines is 2. The molecule has 0 aliphatic carbocycles. The highest BCUT2D eigenvalue weighted by molar-refractivity contribution is 6.30. The Bertz CT molecular complexity index is 1190. The maximum atomic E-state index is 6.14. The number of hydrogen-bond acceptors (Lipinski definition) is 4. The lowest BCUT2D eigenvalue weighted by molar-refractivity contribution is 0.696. The van der Waals surface area contributed by atoms with Gasteiger partial charge in [-0.2, -0.15) is 5.10 Å². The molecule has 1 atom stereocenters. The van der Waals surface area contributed by atoms with Crippen molar-refractivity contribution in [2.75, 3.05) is 11.4 Å². The first-order chi connectivity index (χ1) is 14.0. The minimum absolute atomic E-state index is 0.206. The Morgan fingerprint density at radius 2 is 1.79 bits per heavy atom. The number of halogens is 1. The third-order valence-corrected chi connectivity index (χ3v) is 5.65. The van der Waals surface area contributed by atoms with Gasteiger partial charge in [-0.3, -0.25) is 9.25 Å². The molecule has 2 aromatic heterocycles. The number of rotatable bonds is 2. The quantitative estimate of drug-likeness (QED) is 0.477. The first-order valence-electron chi connectivity index (χ1n) is 9.61. The highest BCUT2D eigenvalue weighted by Gasteiger charge is 2.28. The molecular formula is C22H21ClN6. The molecule has 7 heteroatoms. The van der Waals surface area contributed by atoms with Gasteiger partial charge in [-0.05, 0) is 49.4 Å². The Kier molecular flexibility index (Phi) is 4.17. The maximum Gasteiger partial charge on any atom is 0.142 e. The van der Waals surface area contributed by atoms with E-state index in [1.807, 2.05) is 43.0 Å². The monoisotopic (exact) mass is 404 g/mol. The fourth-order valence-corrected chi connectivity index (χ4v) is 4.10. The number of aromatic nitrogens is 5. The zero-order chi connectivity index (χ0) is 20.1. The van der Waals surface area contributed by atoms with Crippen molar-refractivity contribution >= 4 is 23.0 Å². The summed E-state index contributed by atoms with van der Waals surface area (Å²) in [6.07, 6.45) is 1.96. The highest BCUT2D eigenvalue weighted by Crippen LogP contribution is 2.40. The predicted octanol–water partition coefficient (Wildman–Crippen LogP) is 4.88. The summed E-state index contributed by atoms with van der Waals surface area (Å²) in [5.74, 6) is 2.07. The number of fused-ring (bicyclic) bond motifs is 3. The van der Waals surface area contributed by atoms with E-state index in [9.17, 15) is 0 Å². The Balaban J connectivity index is 1.74. The molecule has 1 aliphatic rings. The average molecular weight is 405 g/mol. The molecule has 5 rings (SSSR count). The molecule has 0 amide bonds. The van der Waals surface area contributed by atoms with E-state index in [1.165, 1.54) is 0 Å². The number of aryl methyl sites for hydroxylation is 2. The molecule has 4 aromatic rings. The van der Waals surface area contributed by atoms with Gasteiger partial charge in [-0.1, -0.05) is 24.6 Å². The molecule has 0 fully saturated rings. The summed E-state index contributed by atoms with van der Waals surface area (Å²) in [5.41, 5.74) is 5.29. The van der Waals surface area contributed by atoms with Crippen LogP contribution in [-0.4, -0.2) is 31.1 Å². The van der Waals surface area contributed by atoms with Crippen LogP contribution in [0.5, 0.6) is 0 Å². The smallest absolute Gasteiger partial charge is 0.142 e. The first kappa shape index (κ1) is 17.9. The molecule has 0 radical (unpaired) electrons. The van der Waals surface area contributed by atoms with Gasteiger partial charge in [-0.25, -0.2) is 0 Å². The van der Waals surface area contributed by atoms with E-state index >= 15 is 0 Å². The van der Waals surface area contributed by atoms with E-state index in [0.29, 0.717) is 0 Å². The number of nitrogens with zero attached hydrogens (tertiary/aromatic N) is 6. The van der Waals surface area contributed by atoms with Gasteiger partial charge < -0.3 is 4.90 Å². The molecule has 1 aliphatic heterocycles. The van der Waals surface area contributed by atoms with Crippen LogP contribution in [0.4, 0.5) is 11.4 Å². The van der Waals surface area contributed by atoms with Crippen molar-refractivity contribution in [3.63, 3.8) is 0 Å². The van der Waals surface area contributed by atoms with Crippen molar-refractivity contribution in [1.82, 2.24) is 24.5 Å². The van der Waals surface area contributed by atoms with Gasteiger partial charge in [0.05, 0.1) is 17.1 Å². The second kappa shape index (κ2) is 6.74. The first-order valence-corrected chi connectivity index (χ1v) is 9.98. The summed E-state index contributed by atoms with van der Waals surface area (Å²) in [5, 5.41) is 14.1. The summed E-state index contributed by atoms with van der Waals surface area (Å²) in [4.78, 5) is 2.33. The Hall–Kier alpha value is -3.12.